The Kier molecular flexibility index (Phi) is 3.75. The molecule has 1 aromatic heterocycles. The molecule has 4 aliphatic rings. The van der Waals surface area contributed by atoms with Crippen LogP contribution in [0.1, 0.15) is 18.6 Å². The quantitative estimate of drug-likeness (QED) is 0.214. The molecule has 0 unspecified atom stereocenters. The Labute approximate surface area is 184 Å². The van der Waals surface area contributed by atoms with Crippen LogP contribution in [0.15, 0.2) is 56.5 Å². The number of hydrazone groups is 1. The lowest BCUT2D eigenvalue weighted by Crippen LogP contribution is -2.30. The third-order valence-electron chi connectivity index (χ3n) is 7.18. The summed E-state index contributed by atoms with van der Waals surface area (Å²) in [6.07, 6.45) is 7.71. The number of halogens is 1. The van der Waals surface area contributed by atoms with Gasteiger partial charge in [0.1, 0.15) is 11.5 Å². The van der Waals surface area contributed by atoms with Gasteiger partial charge in [0.15, 0.2) is 0 Å². The van der Waals surface area contributed by atoms with Gasteiger partial charge in [0.25, 0.3) is 17.5 Å². The van der Waals surface area contributed by atoms with Crippen molar-refractivity contribution in [2.24, 2.45) is 34.2 Å². The molecule has 2 saturated carbocycles. The number of carbonyl (C=O) groups is 2. The molecular weight excluding hydrogens is 466 g/mol. The summed E-state index contributed by atoms with van der Waals surface area (Å²) in [6.45, 7) is 0. The molecule has 156 valence electrons. The van der Waals surface area contributed by atoms with Gasteiger partial charge in [0, 0.05) is 10.5 Å². The van der Waals surface area contributed by atoms with Crippen LogP contribution in [0.4, 0.5) is 5.69 Å². The van der Waals surface area contributed by atoms with Crippen LogP contribution in [0.25, 0.3) is 11.3 Å². The molecule has 2 aromatic rings. The highest BCUT2D eigenvalue weighted by molar-refractivity contribution is 9.10. The molecule has 2 bridgehead atoms. The molecule has 1 aliphatic heterocycles. The molecular formula is C22H16BrN3O5. The Morgan fingerprint density at radius 1 is 1.13 bits per heavy atom. The number of hydrogen-bond acceptors (Lipinski definition) is 6. The number of nitro groups is 1. The zero-order chi connectivity index (χ0) is 21.5. The molecule has 2 amide bonds. The lowest BCUT2D eigenvalue weighted by atomic mass is 9.85. The summed E-state index contributed by atoms with van der Waals surface area (Å²) in [5.41, 5.74) is 0.376. The van der Waals surface area contributed by atoms with Crippen LogP contribution in [0.3, 0.4) is 0 Å². The second kappa shape index (κ2) is 6.23. The van der Waals surface area contributed by atoms with Gasteiger partial charge in [-0.25, -0.2) is 0 Å². The molecule has 1 aromatic carbocycles. The number of amides is 2. The molecule has 8 nitrogen and oxygen atoms in total. The topological polar surface area (TPSA) is 106 Å². The fourth-order valence-electron chi connectivity index (χ4n) is 5.72. The van der Waals surface area contributed by atoms with Gasteiger partial charge in [-0.1, -0.05) is 28.1 Å². The first-order valence-electron chi connectivity index (χ1n) is 10.0. The predicted molar refractivity (Wildman–Crippen MR) is 113 cm³/mol. The molecule has 0 radical (unpaired) electrons. The number of nitro benzene ring substituents is 1. The number of carbonyl (C=O) groups excluding carboxylic acids is 2. The van der Waals surface area contributed by atoms with Crippen LogP contribution >= 0.6 is 15.9 Å². The minimum absolute atomic E-state index is 0.0954. The lowest BCUT2D eigenvalue weighted by molar-refractivity contribution is -0.384. The van der Waals surface area contributed by atoms with E-state index in [0.29, 0.717) is 21.6 Å². The summed E-state index contributed by atoms with van der Waals surface area (Å²) in [5, 5.41) is 16.5. The van der Waals surface area contributed by atoms with Crippen LogP contribution in [-0.2, 0) is 9.59 Å². The molecule has 31 heavy (non-hydrogen) atoms. The maximum Gasteiger partial charge on any atom is 0.281 e. The van der Waals surface area contributed by atoms with Crippen LogP contribution in [0.5, 0.6) is 0 Å². The maximum atomic E-state index is 12.9. The van der Waals surface area contributed by atoms with Crippen molar-refractivity contribution in [2.75, 3.05) is 0 Å². The number of benzene rings is 1. The second-order valence-corrected chi connectivity index (χ2v) is 9.49. The van der Waals surface area contributed by atoms with Crippen molar-refractivity contribution in [3.63, 3.8) is 0 Å². The van der Waals surface area contributed by atoms with E-state index in [-0.39, 0.29) is 46.6 Å². The average Bonchev–Trinajstić information content (AvgIpc) is 3.03. The molecule has 2 heterocycles. The van der Waals surface area contributed by atoms with E-state index >= 15 is 0 Å². The number of nitrogens with zero attached hydrogens (tertiary/aromatic N) is 3. The zero-order valence-corrected chi connectivity index (χ0v) is 17.7. The Morgan fingerprint density at radius 3 is 2.42 bits per heavy atom. The van der Waals surface area contributed by atoms with E-state index in [1.54, 1.807) is 24.3 Å². The largest absolute Gasteiger partial charge is 0.455 e. The second-order valence-electron chi connectivity index (χ2n) is 8.57. The number of fused-ring (bicyclic) bond motifs is 3. The molecule has 6 rings (SSSR count). The maximum absolute atomic E-state index is 12.9. The molecule has 1 saturated heterocycles. The van der Waals surface area contributed by atoms with E-state index < -0.39 is 4.92 Å². The van der Waals surface area contributed by atoms with Gasteiger partial charge in [0.2, 0.25) is 0 Å². The van der Waals surface area contributed by atoms with Gasteiger partial charge < -0.3 is 4.42 Å². The number of imide groups is 1. The van der Waals surface area contributed by atoms with Gasteiger partial charge in [-0.2, -0.15) is 10.1 Å². The van der Waals surface area contributed by atoms with Crippen LogP contribution in [0.2, 0.25) is 0 Å². The molecule has 3 fully saturated rings. The normalized spacial score (nSPS) is 29.5. The van der Waals surface area contributed by atoms with Gasteiger partial charge in [0.05, 0.1) is 28.5 Å². The smallest absolute Gasteiger partial charge is 0.281 e. The molecule has 4 atom stereocenters. The van der Waals surface area contributed by atoms with E-state index in [4.69, 9.17) is 4.42 Å². The highest BCUT2D eigenvalue weighted by atomic mass is 79.9. The van der Waals surface area contributed by atoms with Gasteiger partial charge in [-0.15, -0.1) is 0 Å². The van der Waals surface area contributed by atoms with Crippen molar-refractivity contribution < 1.29 is 18.9 Å². The SMILES string of the molecule is O=C1[C@H]2[C@H](C(=O)N1/N=C\c1ccc(-c3ccc(Br)cc3[N+](=O)[O-])o1)[C@H]1C=C[C@H]2C12CC2. The van der Waals surface area contributed by atoms with E-state index in [1.165, 1.54) is 12.3 Å². The first kappa shape index (κ1) is 18.7. The van der Waals surface area contributed by atoms with Crippen molar-refractivity contribution in [3.8, 4) is 11.3 Å². The molecule has 3 aliphatic carbocycles. The Balaban J connectivity index is 1.25. The van der Waals surface area contributed by atoms with Gasteiger partial charge in [-0.3, -0.25) is 19.7 Å². The highest BCUT2D eigenvalue weighted by Crippen LogP contribution is 2.73. The Morgan fingerprint density at radius 2 is 1.81 bits per heavy atom. The van der Waals surface area contributed by atoms with Crippen molar-refractivity contribution in [1.82, 2.24) is 5.01 Å². The van der Waals surface area contributed by atoms with Crippen LogP contribution in [-0.4, -0.2) is 28.0 Å². The monoisotopic (exact) mass is 481 g/mol. The van der Waals surface area contributed by atoms with Gasteiger partial charge >= 0.3 is 0 Å². The van der Waals surface area contributed by atoms with Crippen molar-refractivity contribution >= 4 is 39.6 Å². The van der Waals surface area contributed by atoms with Crippen molar-refractivity contribution in [1.29, 1.82) is 0 Å². The summed E-state index contributed by atoms with van der Waals surface area (Å²) in [6, 6.07) is 7.88. The van der Waals surface area contributed by atoms with Crippen molar-refractivity contribution in [2.45, 2.75) is 12.8 Å². The summed E-state index contributed by atoms with van der Waals surface area (Å²) in [5.74, 6) is -0.215. The van der Waals surface area contributed by atoms with E-state index in [2.05, 4.69) is 33.2 Å². The van der Waals surface area contributed by atoms with Gasteiger partial charge in [-0.05, 0) is 54.4 Å². The summed E-state index contributed by atoms with van der Waals surface area (Å²) in [4.78, 5) is 36.8. The average molecular weight is 482 g/mol. The van der Waals surface area contributed by atoms with Crippen molar-refractivity contribution in [3.05, 3.63) is 62.8 Å². The minimum atomic E-state index is -0.480. The fourth-order valence-corrected chi connectivity index (χ4v) is 6.07. The predicted octanol–water partition coefficient (Wildman–Crippen LogP) is 4.15. The van der Waals surface area contributed by atoms with E-state index in [9.17, 15) is 19.7 Å². The zero-order valence-electron chi connectivity index (χ0n) is 16.1. The molecule has 1 spiro atoms. The lowest BCUT2D eigenvalue weighted by Gasteiger charge is -2.18. The van der Waals surface area contributed by atoms with E-state index in [1.807, 2.05) is 0 Å². The summed E-state index contributed by atoms with van der Waals surface area (Å²) in [7, 11) is 0. The third-order valence-corrected chi connectivity index (χ3v) is 7.67. The molecule has 0 N–H and O–H groups in total. The number of rotatable bonds is 4. The summed E-state index contributed by atoms with van der Waals surface area (Å²) >= 11 is 3.23. The third kappa shape index (κ3) is 2.49. The molecule has 9 heteroatoms. The standard InChI is InChI=1S/C22H16BrN3O5/c23-11-1-3-13(16(9-11)26(29)30)17-6-2-12(31-17)10-24-25-20(27)18-14-4-5-15(19(18)21(25)28)22(14)7-8-22/h1-6,9-10,14-15,18-19H,7-8H2/b24-10-/t14-,15-,18-,19-/m1/s1. The first-order chi connectivity index (χ1) is 14.9. The number of furan rings is 1. The van der Waals surface area contributed by atoms with Crippen LogP contribution < -0.4 is 0 Å². The number of hydrogen-bond donors (Lipinski definition) is 0. The Bertz CT molecular complexity index is 1190. The fraction of sp³-hybridized carbons (Fsp3) is 0.318. The minimum Gasteiger partial charge on any atom is -0.455 e. The summed E-state index contributed by atoms with van der Waals surface area (Å²) < 4.78 is 6.28. The highest BCUT2D eigenvalue weighted by Gasteiger charge is 2.73. The van der Waals surface area contributed by atoms with Crippen LogP contribution in [0, 0.1) is 39.2 Å². The Hall–Kier alpha value is -3.07. The number of allylic oxidation sites excluding steroid dienone is 2. The first-order valence-corrected chi connectivity index (χ1v) is 10.8. The van der Waals surface area contributed by atoms with E-state index in [0.717, 1.165) is 17.9 Å².